The molecule has 0 aromatic carbocycles. The van der Waals surface area contributed by atoms with Crippen molar-refractivity contribution < 1.29 is 13.9 Å². The molecule has 0 saturated heterocycles. The molecule has 0 aromatic rings. The van der Waals surface area contributed by atoms with E-state index < -0.39 is 6.43 Å². The van der Waals surface area contributed by atoms with Crippen molar-refractivity contribution in [3.8, 4) is 0 Å². The van der Waals surface area contributed by atoms with Crippen LogP contribution in [0.3, 0.4) is 0 Å². The molecule has 1 N–H and O–H groups in total. The SMILES string of the molecule is CCC(O)CCCN(C)CC(F)F. The van der Waals surface area contributed by atoms with Crippen molar-refractivity contribution in [1.82, 2.24) is 4.90 Å². The van der Waals surface area contributed by atoms with Crippen LogP contribution in [0.2, 0.25) is 0 Å². The van der Waals surface area contributed by atoms with Gasteiger partial charge in [0.05, 0.1) is 12.6 Å². The molecule has 0 amide bonds. The molecule has 0 aromatic heterocycles. The van der Waals surface area contributed by atoms with Gasteiger partial charge in [0.1, 0.15) is 0 Å². The van der Waals surface area contributed by atoms with Gasteiger partial charge in [0, 0.05) is 0 Å². The summed E-state index contributed by atoms with van der Waals surface area (Å²) in [5.74, 6) is 0. The Morgan fingerprint density at radius 3 is 2.46 bits per heavy atom. The van der Waals surface area contributed by atoms with E-state index in [4.69, 9.17) is 0 Å². The lowest BCUT2D eigenvalue weighted by Gasteiger charge is -2.16. The summed E-state index contributed by atoms with van der Waals surface area (Å²) in [4.78, 5) is 1.59. The zero-order valence-electron chi connectivity index (χ0n) is 8.34. The molecule has 0 fully saturated rings. The van der Waals surface area contributed by atoms with Crippen molar-refractivity contribution in [2.24, 2.45) is 0 Å². The van der Waals surface area contributed by atoms with Gasteiger partial charge in [-0.25, -0.2) is 8.78 Å². The lowest BCUT2D eigenvalue weighted by Crippen LogP contribution is -2.26. The highest BCUT2D eigenvalue weighted by molar-refractivity contribution is 4.57. The summed E-state index contributed by atoms with van der Waals surface area (Å²) in [5, 5.41) is 9.19. The summed E-state index contributed by atoms with van der Waals surface area (Å²) >= 11 is 0. The van der Waals surface area contributed by atoms with Crippen LogP contribution >= 0.6 is 0 Å². The predicted octanol–water partition coefficient (Wildman–Crippen LogP) is 1.73. The summed E-state index contributed by atoms with van der Waals surface area (Å²) in [7, 11) is 1.67. The van der Waals surface area contributed by atoms with E-state index in [2.05, 4.69) is 0 Å². The molecule has 1 atom stereocenters. The zero-order valence-corrected chi connectivity index (χ0v) is 8.34. The fourth-order valence-electron chi connectivity index (χ4n) is 1.13. The number of hydrogen-bond donors (Lipinski definition) is 1. The van der Waals surface area contributed by atoms with Crippen molar-refractivity contribution in [2.45, 2.75) is 38.7 Å². The number of rotatable bonds is 7. The van der Waals surface area contributed by atoms with Gasteiger partial charge in [-0.15, -0.1) is 0 Å². The summed E-state index contributed by atoms with van der Waals surface area (Å²) in [6, 6.07) is 0. The van der Waals surface area contributed by atoms with Gasteiger partial charge >= 0.3 is 0 Å². The highest BCUT2D eigenvalue weighted by Gasteiger charge is 2.07. The summed E-state index contributed by atoms with van der Waals surface area (Å²) in [5.41, 5.74) is 0. The molecule has 0 aliphatic heterocycles. The van der Waals surface area contributed by atoms with E-state index in [0.717, 1.165) is 12.8 Å². The Kier molecular flexibility index (Phi) is 7.09. The molecule has 80 valence electrons. The number of hydrogen-bond acceptors (Lipinski definition) is 2. The van der Waals surface area contributed by atoms with Crippen LogP contribution in [0.25, 0.3) is 0 Å². The Bertz CT molecular complexity index is 122. The lowest BCUT2D eigenvalue weighted by atomic mass is 10.1. The van der Waals surface area contributed by atoms with E-state index in [1.807, 2.05) is 6.92 Å². The quantitative estimate of drug-likeness (QED) is 0.668. The normalized spacial score (nSPS) is 14.1. The monoisotopic (exact) mass is 195 g/mol. The molecule has 13 heavy (non-hydrogen) atoms. The number of halogens is 2. The fourth-order valence-corrected chi connectivity index (χ4v) is 1.13. The molecule has 0 bridgehead atoms. The lowest BCUT2D eigenvalue weighted by molar-refractivity contribution is 0.0955. The maximum Gasteiger partial charge on any atom is 0.251 e. The second-order valence-corrected chi connectivity index (χ2v) is 3.36. The highest BCUT2D eigenvalue weighted by Crippen LogP contribution is 2.03. The van der Waals surface area contributed by atoms with Crippen LogP contribution in [0.15, 0.2) is 0 Å². The van der Waals surface area contributed by atoms with Crippen molar-refractivity contribution in [1.29, 1.82) is 0 Å². The smallest absolute Gasteiger partial charge is 0.251 e. The highest BCUT2D eigenvalue weighted by atomic mass is 19.3. The average molecular weight is 195 g/mol. The average Bonchev–Trinajstić information content (AvgIpc) is 2.02. The summed E-state index contributed by atoms with van der Waals surface area (Å²) in [6.45, 7) is 2.36. The standard InChI is InChI=1S/C9H19F2NO/c1-3-8(13)5-4-6-12(2)7-9(10)11/h8-9,13H,3-7H2,1-2H3. The molecule has 0 saturated carbocycles. The first kappa shape index (κ1) is 12.8. The van der Waals surface area contributed by atoms with Crippen LogP contribution in [-0.4, -0.2) is 42.7 Å². The Hall–Kier alpha value is -0.220. The second kappa shape index (κ2) is 7.21. The third-order valence-electron chi connectivity index (χ3n) is 2.00. The van der Waals surface area contributed by atoms with Crippen LogP contribution in [0, 0.1) is 0 Å². The largest absolute Gasteiger partial charge is 0.393 e. The topological polar surface area (TPSA) is 23.5 Å². The molecule has 1 unspecified atom stereocenters. The fraction of sp³-hybridized carbons (Fsp3) is 1.00. The van der Waals surface area contributed by atoms with E-state index in [0.29, 0.717) is 13.0 Å². The van der Waals surface area contributed by atoms with Gasteiger partial charge in [0.15, 0.2) is 0 Å². The molecule has 0 rings (SSSR count). The van der Waals surface area contributed by atoms with Crippen LogP contribution in [-0.2, 0) is 0 Å². The van der Waals surface area contributed by atoms with Crippen molar-refractivity contribution >= 4 is 0 Å². The van der Waals surface area contributed by atoms with Gasteiger partial charge in [-0.1, -0.05) is 6.92 Å². The molecule has 0 spiro atoms. The number of alkyl halides is 2. The maximum absolute atomic E-state index is 11.8. The van der Waals surface area contributed by atoms with Gasteiger partial charge in [0.2, 0.25) is 0 Å². The second-order valence-electron chi connectivity index (χ2n) is 3.36. The van der Waals surface area contributed by atoms with Crippen LogP contribution < -0.4 is 0 Å². The van der Waals surface area contributed by atoms with E-state index in [-0.39, 0.29) is 12.6 Å². The number of nitrogens with zero attached hydrogens (tertiary/aromatic N) is 1. The minimum atomic E-state index is -2.26. The third-order valence-corrected chi connectivity index (χ3v) is 2.00. The van der Waals surface area contributed by atoms with Gasteiger partial charge in [-0.05, 0) is 32.9 Å². The predicted molar refractivity (Wildman–Crippen MR) is 49.0 cm³/mol. The van der Waals surface area contributed by atoms with Gasteiger partial charge in [-0.2, -0.15) is 0 Å². The van der Waals surface area contributed by atoms with E-state index in [1.165, 1.54) is 0 Å². The number of aliphatic hydroxyl groups excluding tert-OH is 1. The molecule has 4 heteroatoms. The van der Waals surface area contributed by atoms with Crippen molar-refractivity contribution in [2.75, 3.05) is 20.1 Å². The van der Waals surface area contributed by atoms with Crippen molar-refractivity contribution in [3.63, 3.8) is 0 Å². The minimum absolute atomic E-state index is 0.178. The molecule has 2 nitrogen and oxygen atoms in total. The Labute approximate surface area is 78.5 Å². The van der Waals surface area contributed by atoms with E-state index in [9.17, 15) is 13.9 Å². The van der Waals surface area contributed by atoms with Gasteiger partial charge in [0.25, 0.3) is 6.43 Å². The molecule has 0 radical (unpaired) electrons. The first-order valence-corrected chi connectivity index (χ1v) is 4.71. The first-order valence-electron chi connectivity index (χ1n) is 4.71. The van der Waals surface area contributed by atoms with Gasteiger partial charge < -0.3 is 10.0 Å². The summed E-state index contributed by atoms with van der Waals surface area (Å²) < 4.78 is 23.7. The Morgan fingerprint density at radius 2 is 2.00 bits per heavy atom. The molecular formula is C9H19F2NO. The van der Waals surface area contributed by atoms with Crippen LogP contribution in [0.4, 0.5) is 8.78 Å². The molecular weight excluding hydrogens is 176 g/mol. The number of aliphatic hydroxyl groups is 1. The Morgan fingerprint density at radius 1 is 1.38 bits per heavy atom. The third kappa shape index (κ3) is 8.12. The Balaban J connectivity index is 3.31. The van der Waals surface area contributed by atoms with Crippen LogP contribution in [0.1, 0.15) is 26.2 Å². The maximum atomic E-state index is 11.8. The molecule has 0 aliphatic carbocycles. The van der Waals surface area contributed by atoms with E-state index >= 15 is 0 Å². The first-order chi connectivity index (χ1) is 6.06. The van der Waals surface area contributed by atoms with E-state index in [1.54, 1.807) is 11.9 Å². The van der Waals surface area contributed by atoms with Gasteiger partial charge in [-0.3, -0.25) is 0 Å². The zero-order chi connectivity index (χ0) is 10.3. The summed E-state index contributed by atoms with van der Waals surface area (Å²) in [6.07, 6.45) is -0.332. The van der Waals surface area contributed by atoms with Crippen LogP contribution in [0.5, 0.6) is 0 Å². The molecule has 0 aliphatic rings. The van der Waals surface area contributed by atoms with Crippen molar-refractivity contribution in [3.05, 3.63) is 0 Å². The molecule has 0 heterocycles. The minimum Gasteiger partial charge on any atom is -0.393 e.